The Morgan fingerprint density at radius 3 is 2.37 bits per heavy atom. The van der Waals surface area contributed by atoms with Crippen molar-refractivity contribution < 1.29 is 13.2 Å². The lowest BCUT2D eigenvalue weighted by Crippen LogP contribution is -2.13. The molecular formula is C24H25F3. The fraction of sp³-hybridized carbons (Fsp3) is 0.417. The Labute approximate surface area is 159 Å². The molecule has 3 heteroatoms. The SMILES string of the molecule is CCC1CCC(c2ccc(C3=Cc4cc(F)cc(F)c4CC3)c(F)c2)CC1. The lowest BCUT2D eigenvalue weighted by atomic mass is 9.77. The molecule has 0 spiro atoms. The van der Waals surface area contributed by atoms with Crippen molar-refractivity contribution in [2.45, 2.75) is 57.8 Å². The van der Waals surface area contributed by atoms with Gasteiger partial charge in [0, 0.05) is 11.6 Å². The van der Waals surface area contributed by atoms with E-state index in [2.05, 4.69) is 6.92 Å². The lowest BCUT2D eigenvalue weighted by molar-refractivity contribution is 0.318. The predicted octanol–water partition coefficient (Wildman–Crippen LogP) is 7.27. The highest BCUT2D eigenvalue weighted by atomic mass is 19.1. The molecule has 2 aliphatic carbocycles. The fourth-order valence-corrected chi connectivity index (χ4v) is 4.70. The summed E-state index contributed by atoms with van der Waals surface area (Å²) in [4.78, 5) is 0. The van der Waals surface area contributed by atoms with Gasteiger partial charge in [-0.3, -0.25) is 0 Å². The van der Waals surface area contributed by atoms with Crippen LogP contribution in [-0.4, -0.2) is 0 Å². The first kappa shape index (κ1) is 18.3. The van der Waals surface area contributed by atoms with E-state index in [4.69, 9.17) is 0 Å². The Balaban J connectivity index is 1.59. The van der Waals surface area contributed by atoms with Gasteiger partial charge in [0.05, 0.1) is 0 Å². The average Bonchev–Trinajstić information content (AvgIpc) is 2.67. The van der Waals surface area contributed by atoms with Crippen LogP contribution in [0.15, 0.2) is 30.3 Å². The van der Waals surface area contributed by atoms with E-state index >= 15 is 0 Å². The Morgan fingerprint density at radius 1 is 0.889 bits per heavy atom. The van der Waals surface area contributed by atoms with Crippen LogP contribution in [0.5, 0.6) is 0 Å². The van der Waals surface area contributed by atoms with Crippen molar-refractivity contribution in [2.75, 3.05) is 0 Å². The van der Waals surface area contributed by atoms with E-state index < -0.39 is 11.6 Å². The quantitative estimate of drug-likeness (QED) is 0.533. The Morgan fingerprint density at radius 2 is 1.67 bits per heavy atom. The van der Waals surface area contributed by atoms with E-state index in [1.807, 2.05) is 12.1 Å². The molecule has 0 nitrogen and oxygen atoms in total. The van der Waals surface area contributed by atoms with Gasteiger partial charge in [-0.2, -0.15) is 0 Å². The van der Waals surface area contributed by atoms with Crippen LogP contribution in [0.3, 0.4) is 0 Å². The van der Waals surface area contributed by atoms with Crippen molar-refractivity contribution in [3.05, 3.63) is 70.0 Å². The first-order valence-electron chi connectivity index (χ1n) is 10.0. The van der Waals surface area contributed by atoms with E-state index in [1.165, 1.54) is 25.3 Å². The van der Waals surface area contributed by atoms with Gasteiger partial charge in [-0.15, -0.1) is 0 Å². The van der Waals surface area contributed by atoms with Crippen LogP contribution in [-0.2, 0) is 6.42 Å². The molecule has 0 saturated heterocycles. The summed E-state index contributed by atoms with van der Waals surface area (Å²) in [7, 11) is 0. The largest absolute Gasteiger partial charge is 0.207 e. The van der Waals surface area contributed by atoms with E-state index in [-0.39, 0.29) is 5.82 Å². The van der Waals surface area contributed by atoms with E-state index in [9.17, 15) is 13.2 Å². The van der Waals surface area contributed by atoms with Crippen LogP contribution < -0.4 is 0 Å². The van der Waals surface area contributed by atoms with Gasteiger partial charge in [-0.25, -0.2) is 13.2 Å². The van der Waals surface area contributed by atoms with Crippen LogP contribution in [0.1, 0.15) is 73.6 Å². The summed E-state index contributed by atoms with van der Waals surface area (Å²) in [6, 6.07) is 7.81. The monoisotopic (exact) mass is 370 g/mol. The highest BCUT2D eigenvalue weighted by Crippen LogP contribution is 2.39. The molecule has 2 aliphatic rings. The molecule has 2 aromatic carbocycles. The molecule has 0 aromatic heterocycles. The summed E-state index contributed by atoms with van der Waals surface area (Å²) in [5.41, 5.74) is 3.49. The van der Waals surface area contributed by atoms with Crippen molar-refractivity contribution in [3.8, 4) is 0 Å². The number of benzene rings is 2. The summed E-state index contributed by atoms with van der Waals surface area (Å²) in [5.74, 6) is -0.0722. The third-order valence-electron chi connectivity index (χ3n) is 6.40. The number of rotatable bonds is 3. The number of hydrogen-bond acceptors (Lipinski definition) is 0. The number of allylic oxidation sites excluding steroid dienone is 1. The van der Waals surface area contributed by atoms with Crippen LogP contribution in [0.2, 0.25) is 0 Å². The molecule has 0 heterocycles. The fourth-order valence-electron chi connectivity index (χ4n) is 4.70. The zero-order chi connectivity index (χ0) is 19.0. The highest BCUT2D eigenvalue weighted by Gasteiger charge is 2.23. The molecule has 0 unspecified atom stereocenters. The predicted molar refractivity (Wildman–Crippen MR) is 104 cm³/mol. The number of fused-ring (bicyclic) bond motifs is 1. The van der Waals surface area contributed by atoms with E-state index in [0.29, 0.717) is 35.4 Å². The Kier molecular flexibility index (Phi) is 5.12. The molecule has 1 saturated carbocycles. The van der Waals surface area contributed by atoms with Crippen LogP contribution in [0.25, 0.3) is 11.6 Å². The normalized spacial score (nSPS) is 22.3. The first-order valence-corrected chi connectivity index (χ1v) is 10.0. The van der Waals surface area contributed by atoms with Gasteiger partial charge in [-0.1, -0.05) is 31.6 Å². The van der Waals surface area contributed by atoms with Crippen molar-refractivity contribution in [3.63, 3.8) is 0 Å². The third kappa shape index (κ3) is 3.69. The topological polar surface area (TPSA) is 0 Å². The second-order valence-electron chi connectivity index (χ2n) is 7.99. The van der Waals surface area contributed by atoms with E-state index in [0.717, 1.165) is 36.0 Å². The Bertz CT molecular complexity index is 873. The van der Waals surface area contributed by atoms with Crippen molar-refractivity contribution in [1.82, 2.24) is 0 Å². The smallest absolute Gasteiger partial charge is 0.130 e. The van der Waals surface area contributed by atoms with Crippen LogP contribution >= 0.6 is 0 Å². The second kappa shape index (κ2) is 7.53. The molecule has 0 atom stereocenters. The molecule has 0 aliphatic heterocycles. The molecule has 1 fully saturated rings. The highest BCUT2D eigenvalue weighted by molar-refractivity contribution is 5.84. The average molecular weight is 370 g/mol. The molecule has 2 aromatic rings. The molecule has 0 N–H and O–H groups in total. The van der Waals surface area contributed by atoms with Gasteiger partial charge in [0.1, 0.15) is 17.5 Å². The summed E-state index contributed by atoms with van der Waals surface area (Å²) >= 11 is 0. The van der Waals surface area contributed by atoms with Gasteiger partial charge >= 0.3 is 0 Å². The standard InChI is InChI=1S/C24H25F3/c1-2-15-3-5-16(6-4-15)17-7-9-21(23(26)13-17)18-8-10-22-19(11-18)12-20(25)14-24(22)27/h7,9,11-16H,2-6,8,10H2,1H3. The number of halogens is 3. The second-order valence-corrected chi connectivity index (χ2v) is 7.99. The third-order valence-corrected chi connectivity index (χ3v) is 6.40. The molecule has 0 amide bonds. The molecule has 142 valence electrons. The molecule has 0 bridgehead atoms. The van der Waals surface area contributed by atoms with Gasteiger partial charge < -0.3 is 0 Å². The zero-order valence-corrected chi connectivity index (χ0v) is 15.7. The minimum atomic E-state index is -0.595. The molecule has 4 rings (SSSR count). The minimum Gasteiger partial charge on any atom is -0.207 e. The first-order chi connectivity index (χ1) is 13.0. The van der Waals surface area contributed by atoms with Crippen LogP contribution in [0, 0.1) is 23.4 Å². The maximum absolute atomic E-state index is 14.9. The van der Waals surface area contributed by atoms with E-state index in [1.54, 1.807) is 12.1 Å². The maximum Gasteiger partial charge on any atom is 0.130 e. The summed E-state index contributed by atoms with van der Waals surface area (Å²) < 4.78 is 42.3. The summed E-state index contributed by atoms with van der Waals surface area (Å²) in [6.45, 7) is 2.24. The van der Waals surface area contributed by atoms with Crippen molar-refractivity contribution in [2.24, 2.45) is 5.92 Å². The molecule has 27 heavy (non-hydrogen) atoms. The van der Waals surface area contributed by atoms with Gasteiger partial charge in [0.2, 0.25) is 0 Å². The zero-order valence-electron chi connectivity index (χ0n) is 15.7. The van der Waals surface area contributed by atoms with Gasteiger partial charge in [0.15, 0.2) is 0 Å². The van der Waals surface area contributed by atoms with Crippen molar-refractivity contribution in [1.29, 1.82) is 0 Å². The Hall–Kier alpha value is -2.03. The summed E-state index contributed by atoms with van der Waals surface area (Å²) in [6.07, 6.45) is 8.71. The minimum absolute atomic E-state index is 0.225. The van der Waals surface area contributed by atoms with Gasteiger partial charge in [-0.05, 0) is 84.8 Å². The molecule has 0 radical (unpaired) electrons. The maximum atomic E-state index is 14.9. The lowest BCUT2D eigenvalue weighted by Gasteiger charge is -2.28. The van der Waals surface area contributed by atoms with Gasteiger partial charge in [0.25, 0.3) is 0 Å². The number of hydrogen-bond donors (Lipinski definition) is 0. The van der Waals surface area contributed by atoms with Crippen LogP contribution in [0.4, 0.5) is 13.2 Å². The molecular weight excluding hydrogens is 345 g/mol. The van der Waals surface area contributed by atoms with Crippen molar-refractivity contribution >= 4 is 11.6 Å². The summed E-state index contributed by atoms with van der Waals surface area (Å²) in [5, 5.41) is 0.